The number of rotatable bonds is 3. The van der Waals surface area contributed by atoms with Gasteiger partial charge in [0.25, 0.3) is 0 Å². The van der Waals surface area contributed by atoms with E-state index in [0.29, 0.717) is 18.0 Å². The molecule has 21 heavy (non-hydrogen) atoms. The molecule has 1 aliphatic rings. The van der Waals surface area contributed by atoms with Crippen LogP contribution in [0.4, 0.5) is 4.79 Å². The van der Waals surface area contributed by atoms with Gasteiger partial charge in [-0.1, -0.05) is 37.3 Å². The van der Waals surface area contributed by atoms with Gasteiger partial charge < -0.3 is 15.3 Å². The van der Waals surface area contributed by atoms with Crippen molar-refractivity contribution in [2.45, 2.75) is 38.8 Å². The molecule has 5 nitrogen and oxygen atoms in total. The van der Waals surface area contributed by atoms with Crippen molar-refractivity contribution in [1.29, 1.82) is 0 Å². The van der Waals surface area contributed by atoms with Gasteiger partial charge in [0.2, 0.25) is 0 Å². The third kappa shape index (κ3) is 3.01. The minimum absolute atomic E-state index is 0.133. The first-order valence-corrected chi connectivity index (χ1v) is 7.22. The Hall–Kier alpha value is -2.04. The zero-order chi connectivity index (χ0) is 15.6. The summed E-state index contributed by atoms with van der Waals surface area (Å²) in [4.78, 5) is 25.8. The van der Waals surface area contributed by atoms with Crippen LogP contribution in [-0.2, 0) is 10.3 Å². The number of carbonyl (C=O) groups is 2. The summed E-state index contributed by atoms with van der Waals surface area (Å²) in [6, 6.07) is 8.59. The van der Waals surface area contributed by atoms with Crippen molar-refractivity contribution in [3.8, 4) is 0 Å². The molecule has 1 aromatic carbocycles. The Kier molecular flexibility index (Phi) is 4.21. The quantitative estimate of drug-likeness (QED) is 0.898. The number of hydrogen-bond acceptors (Lipinski definition) is 2. The SMILES string of the molecule is CC1CC(C)N(C(=O)NC(C)(C(=O)O)c2ccccc2)C1. The van der Waals surface area contributed by atoms with Crippen molar-refractivity contribution in [2.24, 2.45) is 5.92 Å². The Labute approximate surface area is 125 Å². The highest BCUT2D eigenvalue weighted by atomic mass is 16.4. The van der Waals surface area contributed by atoms with Crippen LogP contribution in [0.2, 0.25) is 0 Å². The van der Waals surface area contributed by atoms with Gasteiger partial charge >= 0.3 is 12.0 Å². The summed E-state index contributed by atoms with van der Waals surface area (Å²) in [6.07, 6.45) is 0.947. The minimum atomic E-state index is -1.43. The van der Waals surface area contributed by atoms with Crippen LogP contribution in [0.15, 0.2) is 30.3 Å². The molecular weight excluding hydrogens is 268 g/mol. The molecule has 3 atom stereocenters. The normalized spacial score (nSPS) is 24.4. The van der Waals surface area contributed by atoms with Crippen LogP contribution in [0, 0.1) is 5.92 Å². The number of nitrogens with zero attached hydrogens (tertiary/aromatic N) is 1. The molecule has 1 saturated heterocycles. The number of likely N-dealkylation sites (tertiary alicyclic amines) is 1. The lowest BCUT2D eigenvalue weighted by atomic mass is 9.92. The Morgan fingerprint density at radius 2 is 1.90 bits per heavy atom. The fourth-order valence-electron chi connectivity index (χ4n) is 2.89. The lowest BCUT2D eigenvalue weighted by Gasteiger charge is -2.31. The highest BCUT2D eigenvalue weighted by molar-refractivity contribution is 5.87. The van der Waals surface area contributed by atoms with Crippen LogP contribution in [0.3, 0.4) is 0 Å². The minimum Gasteiger partial charge on any atom is -0.479 e. The lowest BCUT2D eigenvalue weighted by Crippen LogP contribution is -2.54. The van der Waals surface area contributed by atoms with Crippen LogP contribution in [0.5, 0.6) is 0 Å². The zero-order valence-corrected chi connectivity index (χ0v) is 12.7. The third-order valence-corrected chi connectivity index (χ3v) is 4.18. The van der Waals surface area contributed by atoms with Gasteiger partial charge in [-0.25, -0.2) is 9.59 Å². The first kappa shape index (κ1) is 15.4. The molecule has 2 amide bonds. The van der Waals surface area contributed by atoms with E-state index >= 15 is 0 Å². The summed E-state index contributed by atoms with van der Waals surface area (Å²) in [6.45, 7) is 6.27. The Bertz CT molecular complexity index is 532. The molecule has 1 aliphatic heterocycles. The van der Waals surface area contributed by atoms with Crippen molar-refractivity contribution in [1.82, 2.24) is 10.2 Å². The van der Waals surface area contributed by atoms with E-state index in [1.165, 1.54) is 6.92 Å². The highest BCUT2D eigenvalue weighted by Crippen LogP contribution is 2.25. The fourth-order valence-corrected chi connectivity index (χ4v) is 2.89. The summed E-state index contributed by atoms with van der Waals surface area (Å²) in [5.41, 5.74) is -0.866. The van der Waals surface area contributed by atoms with Gasteiger partial charge in [0.15, 0.2) is 5.54 Å². The summed E-state index contributed by atoms with van der Waals surface area (Å²) >= 11 is 0. The van der Waals surface area contributed by atoms with Gasteiger partial charge in [0, 0.05) is 12.6 Å². The maximum absolute atomic E-state index is 12.4. The summed E-state index contributed by atoms with van der Waals surface area (Å²) in [7, 11) is 0. The van der Waals surface area contributed by atoms with E-state index in [2.05, 4.69) is 12.2 Å². The first-order chi connectivity index (χ1) is 9.84. The van der Waals surface area contributed by atoms with E-state index in [4.69, 9.17) is 0 Å². The molecule has 2 rings (SSSR count). The molecule has 5 heteroatoms. The topological polar surface area (TPSA) is 69.6 Å². The predicted molar refractivity (Wildman–Crippen MR) is 79.9 cm³/mol. The van der Waals surface area contributed by atoms with Crippen LogP contribution < -0.4 is 5.32 Å². The molecule has 1 fully saturated rings. The summed E-state index contributed by atoms with van der Waals surface area (Å²) < 4.78 is 0. The van der Waals surface area contributed by atoms with Crippen LogP contribution >= 0.6 is 0 Å². The van der Waals surface area contributed by atoms with E-state index in [1.54, 1.807) is 29.2 Å². The third-order valence-electron chi connectivity index (χ3n) is 4.18. The molecule has 0 aliphatic carbocycles. The monoisotopic (exact) mass is 290 g/mol. The van der Waals surface area contributed by atoms with Crippen LogP contribution in [0.1, 0.15) is 32.8 Å². The van der Waals surface area contributed by atoms with E-state index in [9.17, 15) is 14.7 Å². The number of hydrogen-bond donors (Lipinski definition) is 2. The van der Waals surface area contributed by atoms with Gasteiger partial charge in [0.1, 0.15) is 0 Å². The zero-order valence-electron chi connectivity index (χ0n) is 12.7. The van der Waals surface area contributed by atoms with Gasteiger partial charge in [-0.2, -0.15) is 0 Å². The molecule has 0 radical (unpaired) electrons. The predicted octanol–water partition coefficient (Wildman–Crippen LogP) is 2.43. The number of benzene rings is 1. The van der Waals surface area contributed by atoms with E-state index in [-0.39, 0.29) is 12.1 Å². The van der Waals surface area contributed by atoms with Gasteiger partial charge in [-0.15, -0.1) is 0 Å². The second-order valence-electron chi connectivity index (χ2n) is 6.07. The van der Waals surface area contributed by atoms with Crippen molar-refractivity contribution in [3.05, 3.63) is 35.9 Å². The van der Waals surface area contributed by atoms with Crippen molar-refractivity contribution in [2.75, 3.05) is 6.54 Å². The number of urea groups is 1. The van der Waals surface area contributed by atoms with E-state index in [1.807, 2.05) is 13.0 Å². The number of carbonyl (C=O) groups excluding carboxylic acids is 1. The first-order valence-electron chi connectivity index (χ1n) is 7.22. The highest BCUT2D eigenvalue weighted by Gasteiger charge is 2.40. The van der Waals surface area contributed by atoms with E-state index < -0.39 is 11.5 Å². The van der Waals surface area contributed by atoms with Gasteiger partial charge in [0.05, 0.1) is 0 Å². The Morgan fingerprint density at radius 1 is 1.29 bits per heavy atom. The molecule has 0 saturated carbocycles. The summed E-state index contributed by atoms with van der Waals surface area (Å²) in [5, 5.41) is 12.3. The number of nitrogens with one attached hydrogen (secondary N) is 1. The molecule has 1 aromatic rings. The smallest absolute Gasteiger partial charge is 0.333 e. The van der Waals surface area contributed by atoms with Crippen molar-refractivity contribution >= 4 is 12.0 Å². The molecule has 0 spiro atoms. The number of carboxylic acid groups (broad SMARTS) is 1. The molecule has 114 valence electrons. The molecule has 0 aromatic heterocycles. The number of carboxylic acids is 1. The molecule has 3 unspecified atom stereocenters. The van der Waals surface area contributed by atoms with Crippen molar-refractivity contribution < 1.29 is 14.7 Å². The molecule has 1 heterocycles. The Morgan fingerprint density at radius 3 is 2.38 bits per heavy atom. The molecular formula is C16H22N2O3. The van der Waals surface area contributed by atoms with Crippen LogP contribution in [0.25, 0.3) is 0 Å². The standard InChI is InChI=1S/C16H22N2O3/c1-11-9-12(2)18(10-11)15(21)17-16(3,14(19)20)13-7-5-4-6-8-13/h4-8,11-12H,9-10H2,1-3H3,(H,17,21)(H,19,20). The summed E-state index contributed by atoms with van der Waals surface area (Å²) in [5.74, 6) is -0.625. The number of aliphatic carboxylic acids is 1. The van der Waals surface area contributed by atoms with Gasteiger partial charge in [-0.3, -0.25) is 0 Å². The molecule has 2 N–H and O–H groups in total. The Balaban J connectivity index is 2.21. The molecule has 0 bridgehead atoms. The van der Waals surface area contributed by atoms with E-state index in [0.717, 1.165) is 6.42 Å². The fraction of sp³-hybridized carbons (Fsp3) is 0.500. The van der Waals surface area contributed by atoms with Gasteiger partial charge in [-0.05, 0) is 31.7 Å². The largest absolute Gasteiger partial charge is 0.479 e. The maximum atomic E-state index is 12.4. The maximum Gasteiger partial charge on any atom is 0.333 e. The second-order valence-corrected chi connectivity index (χ2v) is 6.07. The average molecular weight is 290 g/mol. The average Bonchev–Trinajstić information content (AvgIpc) is 2.78. The second kappa shape index (κ2) is 5.76. The van der Waals surface area contributed by atoms with Crippen molar-refractivity contribution in [3.63, 3.8) is 0 Å². The van der Waals surface area contributed by atoms with Crippen LogP contribution in [-0.4, -0.2) is 34.6 Å². The number of amides is 2. The lowest BCUT2D eigenvalue weighted by molar-refractivity contribution is -0.144.